The molecule has 0 aromatic carbocycles. The minimum absolute atomic E-state index is 0.800. The maximum Gasteiger partial charge on any atom is 0.0589 e. The number of nitrogens with zero attached hydrogens (tertiary/aromatic N) is 1. The van der Waals surface area contributed by atoms with Crippen LogP contribution >= 0.6 is 0 Å². The van der Waals surface area contributed by atoms with Crippen LogP contribution in [-0.4, -0.2) is 44.8 Å². The predicted octanol–water partition coefficient (Wildman–Crippen LogP) is 0.694. The third kappa shape index (κ3) is 5.24. The van der Waals surface area contributed by atoms with Gasteiger partial charge in [-0.25, -0.2) is 0 Å². The fraction of sp³-hybridized carbons (Fsp3) is 1.00. The van der Waals surface area contributed by atoms with Crippen molar-refractivity contribution in [3.63, 3.8) is 0 Å². The topological polar surface area (TPSA) is 38.5 Å². The molecule has 2 N–H and O–H groups in total. The number of rotatable bonds is 8. The van der Waals surface area contributed by atoms with Crippen LogP contribution in [0.4, 0.5) is 0 Å². The fourth-order valence-corrected chi connectivity index (χ4v) is 1.50. The van der Waals surface area contributed by atoms with Gasteiger partial charge in [-0.3, -0.25) is 0 Å². The number of hydrogen-bond donors (Lipinski definition) is 1. The summed E-state index contributed by atoms with van der Waals surface area (Å²) in [5, 5.41) is 0. The number of methoxy groups -OCH3 is 1. The van der Waals surface area contributed by atoms with Crippen molar-refractivity contribution in [2.75, 3.05) is 39.9 Å². The van der Waals surface area contributed by atoms with E-state index in [0.29, 0.717) is 0 Å². The van der Waals surface area contributed by atoms with Gasteiger partial charge >= 0.3 is 0 Å². The molecule has 0 amide bonds. The van der Waals surface area contributed by atoms with E-state index in [0.717, 1.165) is 38.6 Å². The lowest BCUT2D eigenvalue weighted by Gasteiger charge is -2.21. The van der Waals surface area contributed by atoms with E-state index in [9.17, 15) is 0 Å². The zero-order valence-corrected chi connectivity index (χ0v) is 8.67. The first-order valence-corrected chi connectivity index (χ1v) is 5.28. The number of nitrogens with two attached hydrogens (primary N) is 1. The highest BCUT2D eigenvalue weighted by molar-refractivity contribution is 4.77. The molecule has 0 bridgehead atoms. The molecule has 3 nitrogen and oxygen atoms in total. The van der Waals surface area contributed by atoms with Crippen molar-refractivity contribution in [2.45, 2.75) is 19.3 Å². The third-order valence-corrected chi connectivity index (χ3v) is 2.50. The summed E-state index contributed by atoms with van der Waals surface area (Å²) in [7, 11) is 1.76. The Morgan fingerprint density at radius 3 is 2.69 bits per heavy atom. The summed E-state index contributed by atoms with van der Waals surface area (Å²) in [5.41, 5.74) is 5.49. The molecule has 0 heterocycles. The summed E-state index contributed by atoms with van der Waals surface area (Å²) >= 11 is 0. The quantitative estimate of drug-likeness (QED) is 0.606. The van der Waals surface area contributed by atoms with Gasteiger partial charge in [0.1, 0.15) is 0 Å². The van der Waals surface area contributed by atoms with Crippen LogP contribution in [0.25, 0.3) is 0 Å². The standard InChI is InChI=1S/C10H22N2O/c1-13-8-7-12(6-2-5-11)9-10-3-4-10/h10H,2-9,11H2,1H3. The first-order valence-electron chi connectivity index (χ1n) is 5.28. The van der Waals surface area contributed by atoms with Gasteiger partial charge in [0, 0.05) is 20.2 Å². The molecule has 0 aromatic heterocycles. The lowest BCUT2D eigenvalue weighted by Crippen LogP contribution is -2.31. The molecule has 0 saturated heterocycles. The Hall–Kier alpha value is -0.120. The van der Waals surface area contributed by atoms with Gasteiger partial charge in [-0.1, -0.05) is 0 Å². The van der Waals surface area contributed by atoms with Crippen LogP contribution in [0.3, 0.4) is 0 Å². The molecule has 0 spiro atoms. The van der Waals surface area contributed by atoms with Crippen LogP contribution < -0.4 is 5.73 Å². The maximum absolute atomic E-state index is 5.49. The smallest absolute Gasteiger partial charge is 0.0589 e. The van der Waals surface area contributed by atoms with Crippen LogP contribution in [0.5, 0.6) is 0 Å². The van der Waals surface area contributed by atoms with Crippen LogP contribution in [0.1, 0.15) is 19.3 Å². The molecule has 1 saturated carbocycles. The van der Waals surface area contributed by atoms with Crippen LogP contribution in [0.2, 0.25) is 0 Å². The number of ether oxygens (including phenoxy) is 1. The fourth-order valence-electron chi connectivity index (χ4n) is 1.50. The van der Waals surface area contributed by atoms with Gasteiger partial charge in [-0.05, 0) is 38.3 Å². The summed E-state index contributed by atoms with van der Waals surface area (Å²) in [6.45, 7) is 5.10. The Balaban J connectivity index is 2.08. The highest BCUT2D eigenvalue weighted by Gasteiger charge is 2.23. The summed E-state index contributed by atoms with van der Waals surface area (Å²) in [6.07, 6.45) is 3.95. The monoisotopic (exact) mass is 186 g/mol. The van der Waals surface area contributed by atoms with Crippen molar-refractivity contribution < 1.29 is 4.74 Å². The summed E-state index contributed by atoms with van der Waals surface area (Å²) in [6, 6.07) is 0. The van der Waals surface area contributed by atoms with E-state index in [1.807, 2.05) is 0 Å². The van der Waals surface area contributed by atoms with E-state index in [1.54, 1.807) is 7.11 Å². The highest BCUT2D eigenvalue weighted by Crippen LogP contribution is 2.29. The van der Waals surface area contributed by atoms with Crippen LogP contribution in [0, 0.1) is 5.92 Å². The van der Waals surface area contributed by atoms with Crippen molar-refractivity contribution in [3.05, 3.63) is 0 Å². The first kappa shape index (κ1) is 11.0. The lowest BCUT2D eigenvalue weighted by atomic mass is 10.3. The minimum atomic E-state index is 0.800. The first-order chi connectivity index (χ1) is 6.36. The second kappa shape index (κ2) is 6.35. The molecule has 1 fully saturated rings. The van der Waals surface area contributed by atoms with Gasteiger partial charge in [0.15, 0.2) is 0 Å². The minimum Gasteiger partial charge on any atom is -0.383 e. The van der Waals surface area contributed by atoms with Crippen molar-refractivity contribution >= 4 is 0 Å². The largest absolute Gasteiger partial charge is 0.383 e. The average molecular weight is 186 g/mol. The Kier molecular flexibility index (Phi) is 5.35. The SMILES string of the molecule is COCCN(CCCN)CC1CC1. The van der Waals surface area contributed by atoms with Gasteiger partial charge in [0.05, 0.1) is 6.61 Å². The highest BCUT2D eigenvalue weighted by atomic mass is 16.5. The molecule has 0 aliphatic heterocycles. The lowest BCUT2D eigenvalue weighted by molar-refractivity contribution is 0.144. The molecule has 78 valence electrons. The van der Waals surface area contributed by atoms with E-state index in [1.165, 1.54) is 19.4 Å². The second-order valence-corrected chi connectivity index (χ2v) is 3.88. The van der Waals surface area contributed by atoms with Crippen molar-refractivity contribution in [1.82, 2.24) is 4.90 Å². The number of hydrogen-bond acceptors (Lipinski definition) is 3. The van der Waals surface area contributed by atoms with E-state index in [4.69, 9.17) is 10.5 Å². The summed E-state index contributed by atoms with van der Waals surface area (Å²) < 4.78 is 5.08. The van der Waals surface area contributed by atoms with Crippen molar-refractivity contribution in [3.8, 4) is 0 Å². The Bertz CT molecular complexity index is 118. The average Bonchev–Trinajstić information content (AvgIpc) is 2.93. The summed E-state index contributed by atoms with van der Waals surface area (Å²) in [4.78, 5) is 2.48. The van der Waals surface area contributed by atoms with Gasteiger partial charge in [-0.15, -0.1) is 0 Å². The zero-order valence-electron chi connectivity index (χ0n) is 8.67. The van der Waals surface area contributed by atoms with Gasteiger partial charge in [0.25, 0.3) is 0 Å². The molecular formula is C10H22N2O. The predicted molar refractivity (Wildman–Crippen MR) is 54.7 cm³/mol. The Labute approximate surface area is 81.2 Å². The molecule has 13 heavy (non-hydrogen) atoms. The molecule has 3 heteroatoms. The molecule has 0 radical (unpaired) electrons. The Morgan fingerprint density at radius 2 is 2.15 bits per heavy atom. The molecule has 1 aliphatic carbocycles. The second-order valence-electron chi connectivity index (χ2n) is 3.88. The van der Waals surface area contributed by atoms with Crippen LogP contribution in [0.15, 0.2) is 0 Å². The normalized spacial score (nSPS) is 16.8. The van der Waals surface area contributed by atoms with E-state index in [-0.39, 0.29) is 0 Å². The van der Waals surface area contributed by atoms with Crippen molar-refractivity contribution in [1.29, 1.82) is 0 Å². The van der Waals surface area contributed by atoms with E-state index in [2.05, 4.69) is 4.90 Å². The molecular weight excluding hydrogens is 164 g/mol. The summed E-state index contributed by atoms with van der Waals surface area (Å²) in [5.74, 6) is 0.967. The third-order valence-electron chi connectivity index (χ3n) is 2.50. The zero-order chi connectivity index (χ0) is 9.52. The maximum atomic E-state index is 5.49. The molecule has 1 aliphatic rings. The molecule has 0 atom stereocenters. The molecule has 0 aromatic rings. The molecule has 1 rings (SSSR count). The van der Waals surface area contributed by atoms with E-state index >= 15 is 0 Å². The van der Waals surface area contributed by atoms with Gasteiger partial charge in [0.2, 0.25) is 0 Å². The van der Waals surface area contributed by atoms with Gasteiger partial charge < -0.3 is 15.4 Å². The van der Waals surface area contributed by atoms with Crippen LogP contribution in [-0.2, 0) is 4.74 Å². The van der Waals surface area contributed by atoms with Gasteiger partial charge in [-0.2, -0.15) is 0 Å². The van der Waals surface area contributed by atoms with Crippen molar-refractivity contribution in [2.24, 2.45) is 11.7 Å². The van der Waals surface area contributed by atoms with E-state index < -0.39 is 0 Å². The Morgan fingerprint density at radius 1 is 1.38 bits per heavy atom. The molecule has 0 unspecified atom stereocenters.